The summed E-state index contributed by atoms with van der Waals surface area (Å²) in [6.07, 6.45) is 1.53. The minimum atomic E-state index is -0.390. The number of nitrogens with zero attached hydrogens (tertiary/aromatic N) is 3. The van der Waals surface area contributed by atoms with Gasteiger partial charge in [-0.2, -0.15) is 5.10 Å². The van der Waals surface area contributed by atoms with Gasteiger partial charge in [0.1, 0.15) is 5.69 Å². The Labute approximate surface area is 88.9 Å². The van der Waals surface area contributed by atoms with Gasteiger partial charge in [0.05, 0.1) is 5.70 Å². The molecule has 0 unspecified atom stereocenters. The molecule has 3 nitrogen and oxygen atoms in total. The van der Waals surface area contributed by atoms with Crippen molar-refractivity contribution in [3.63, 3.8) is 0 Å². The quantitative estimate of drug-likeness (QED) is 0.563. The molecule has 0 aliphatic heterocycles. The Balaban J connectivity index is 2.95. The molecule has 0 aliphatic rings. The molecule has 1 rings (SSSR count). The Hall–Kier alpha value is -1.71. The minimum Gasteiger partial charge on any atom is -0.267 e. The van der Waals surface area contributed by atoms with Crippen LogP contribution in [0.4, 0.5) is 4.39 Å². The maximum absolute atomic E-state index is 13.3. The molecule has 1 aromatic heterocycles. The summed E-state index contributed by atoms with van der Waals surface area (Å²) in [5.74, 6) is -0.390. The average molecular weight is 207 g/mol. The molecule has 15 heavy (non-hydrogen) atoms. The van der Waals surface area contributed by atoms with Crippen LogP contribution in [0.1, 0.15) is 19.5 Å². The number of hydrogen-bond donors (Lipinski definition) is 0. The summed E-state index contributed by atoms with van der Waals surface area (Å²) < 4.78 is 13.3. The van der Waals surface area contributed by atoms with Gasteiger partial charge in [-0.05, 0) is 26.0 Å². The van der Waals surface area contributed by atoms with Gasteiger partial charge in [-0.15, -0.1) is 0 Å². The lowest BCUT2D eigenvalue weighted by molar-refractivity contribution is 0.506. The standard InChI is InChI=1S/C11H14FN3/c1-8(2)14-15(4)9(3)11-10(12)6-5-7-13-11/h5-7H,3H2,1-2,4H3. The van der Waals surface area contributed by atoms with Crippen LogP contribution in [0.2, 0.25) is 0 Å². The van der Waals surface area contributed by atoms with E-state index in [0.29, 0.717) is 5.70 Å². The minimum absolute atomic E-state index is 0.227. The molecule has 0 fully saturated rings. The van der Waals surface area contributed by atoms with Gasteiger partial charge in [0, 0.05) is 19.0 Å². The van der Waals surface area contributed by atoms with Crippen molar-refractivity contribution in [2.45, 2.75) is 13.8 Å². The predicted octanol–water partition coefficient (Wildman–Crippen LogP) is 2.52. The zero-order valence-corrected chi connectivity index (χ0v) is 9.16. The Morgan fingerprint density at radius 3 is 2.73 bits per heavy atom. The molecule has 0 saturated heterocycles. The first-order valence-electron chi connectivity index (χ1n) is 4.57. The predicted molar refractivity (Wildman–Crippen MR) is 59.8 cm³/mol. The normalized spacial score (nSPS) is 9.60. The fraction of sp³-hybridized carbons (Fsp3) is 0.273. The van der Waals surface area contributed by atoms with Gasteiger partial charge in [-0.1, -0.05) is 6.58 Å². The number of rotatable bonds is 3. The highest BCUT2D eigenvalue weighted by Crippen LogP contribution is 2.16. The average Bonchev–Trinajstić information content (AvgIpc) is 2.16. The molecular weight excluding hydrogens is 193 g/mol. The van der Waals surface area contributed by atoms with E-state index >= 15 is 0 Å². The van der Waals surface area contributed by atoms with Gasteiger partial charge in [0.25, 0.3) is 0 Å². The van der Waals surface area contributed by atoms with Gasteiger partial charge in [-0.25, -0.2) is 4.39 Å². The molecule has 0 aromatic carbocycles. The molecule has 80 valence electrons. The number of aromatic nitrogens is 1. The molecule has 4 heteroatoms. The third-order valence-corrected chi connectivity index (χ3v) is 1.77. The van der Waals surface area contributed by atoms with Crippen molar-refractivity contribution in [2.24, 2.45) is 5.10 Å². The van der Waals surface area contributed by atoms with Crippen molar-refractivity contribution in [3.05, 3.63) is 36.4 Å². The molecular formula is C11H14FN3. The SMILES string of the molecule is C=C(c1ncccc1F)N(C)N=C(C)C. The molecule has 0 amide bonds. The molecule has 0 atom stereocenters. The lowest BCUT2D eigenvalue weighted by Gasteiger charge is -2.16. The van der Waals surface area contributed by atoms with Gasteiger partial charge in [0.15, 0.2) is 5.82 Å². The second-order valence-electron chi connectivity index (χ2n) is 3.35. The summed E-state index contributed by atoms with van der Waals surface area (Å²) in [6, 6.07) is 2.89. The number of hydrogen-bond acceptors (Lipinski definition) is 3. The summed E-state index contributed by atoms with van der Waals surface area (Å²) in [6.45, 7) is 7.47. The number of pyridine rings is 1. The van der Waals surface area contributed by atoms with E-state index in [1.807, 2.05) is 13.8 Å². The number of halogens is 1. The Bertz CT molecular complexity index is 395. The summed E-state index contributed by atoms with van der Waals surface area (Å²) in [5, 5.41) is 5.65. The molecule has 0 radical (unpaired) electrons. The topological polar surface area (TPSA) is 28.5 Å². The van der Waals surface area contributed by atoms with E-state index in [2.05, 4.69) is 16.7 Å². The lowest BCUT2D eigenvalue weighted by Crippen LogP contribution is -2.12. The monoisotopic (exact) mass is 207 g/mol. The van der Waals surface area contributed by atoms with E-state index in [4.69, 9.17) is 0 Å². The van der Waals surface area contributed by atoms with Gasteiger partial charge in [0.2, 0.25) is 0 Å². The highest BCUT2D eigenvalue weighted by atomic mass is 19.1. The molecule has 1 aromatic rings. The zero-order valence-electron chi connectivity index (χ0n) is 9.16. The van der Waals surface area contributed by atoms with Crippen molar-refractivity contribution in [1.82, 2.24) is 9.99 Å². The molecule has 0 bridgehead atoms. The highest BCUT2D eigenvalue weighted by Gasteiger charge is 2.10. The summed E-state index contributed by atoms with van der Waals surface area (Å²) >= 11 is 0. The molecule has 1 heterocycles. The third-order valence-electron chi connectivity index (χ3n) is 1.77. The smallest absolute Gasteiger partial charge is 0.151 e. The van der Waals surface area contributed by atoms with Gasteiger partial charge in [-0.3, -0.25) is 9.99 Å². The van der Waals surface area contributed by atoms with Crippen molar-refractivity contribution in [3.8, 4) is 0 Å². The van der Waals surface area contributed by atoms with Gasteiger partial charge < -0.3 is 0 Å². The van der Waals surface area contributed by atoms with Crippen LogP contribution >= 0.6 is 0 Å². The second kappa shape index (κ2) is 4.68. The van der Waals surface area contributed by atoms with Crippen LogP contribution < -0.4 is 0 Å². The van der Waals surface area contributed by atoms with E-state index < -0.39 is 5.82 Å². The van der Waals surface area contributed by atoms with Crippen LogP contribution in [0, 0.1) is 5.82 Å². The summed E-state index contributed by atoms with van der Waals surface area (Å²) in [4.78, 5) is 3.92. The summed E-state index contributed by atoms with van der Waals surface area (Å²) in [5.41, 5.74) is 1.54. The van der Waals surface area contributed by atoms with Crippen molar-refractivity contribution in [2.75, 3.05) is 7.05 Å². The van der Waals surface area contributed by atoms with E-state index in [-0.39, 0.29) is 5.69 Å². The maximum atomic E-state index is 13.3. The first-order valence-corrected chi connectivity index (χ1v) is 4.57. The molecule has 0 aliphatic carbocycles. The van der Waals surface area contributed by atoms with Crippen molar-refractivity contribution >= 4 is 11.4 Å². The van der Waals surface area contributed by atoms with E-state index in [1.165, 1.54) is 17.3 Å². The maximum Gasteiger partial charge on any atom is 0.151 e. The Kier molecular flexibility index (Phi) is 3.55. The first kappa shape index (κ1) is 11.4. The van der Waals surface area contributed by atoms with Crippen LogP contribution in [-0.4, -0.2) is 22.8 Å². The summed E-state index contributed by atoms with van der Waals surface area (Å²) in [7, 11) is 1.71. The Morgan fingerprint density at radius 2 is 2.20 bits per heavy atom. The first-order chi connectivity index (χ1) is 7.02. The van der Waals surface area contributed by atoms with E-state index in [9.17, 15) is 4.39 Å². The number of hydrazone groups is 1. The van der Waals surface area contributed by atoms with Crippen molar-refractivity contribution < 1.29 is 4.39 Å². The van der Waals surface area contributed by atoms with Crippen LogP contribution in [0.3, 0.4) is 0 Å². The second-order valence-corrected chi connectivity index (χ2v) is 3.35. The zero-order chi connectivity index (χ0) is 11.4. The van der Waals surface area contributed by atoms with Crippen LogP contribution in [-0.2, 0) is 0 Å². The van der Waals surface area contributed by atoms with Crippen LogP contribution in [0.25, 0.3) is 5.70 Å². The third kappa shape index (κ3) is 2.87. The van der Waals surface area contributed by atoms with Gasteiger partial charge >= 0.3 is 0 Å². The Morgan fingerprint density at radius 1 is 1.53 bits per heavy atom. The highest BCUT2D eigenvalue weighted by molar-refractivity contribution is 5.79. The lowest BCUT2D eigenvalue weighted by atomic mass is 10.3. The van der Waals surface area contributed by atoms with Crippen LogP contribution in [0.5, 0.6) is 0 Å². The molecule has 0 N–H and O–H groups in total. The van der Waals surface area contributed by atoms with E-state index in [0.717, 1.165) is 5.71 Å². The van der Waals surface area contributed by atoms with Crippen LogP contribution in [0.15, 0.2) is 30.0 Å². The largest absolute Gasteiger partial charge is 0.267 e. The fourth-order valence-corrected chi connectivity index (χ4v) is 1.11. The van der Waals surface area contributed by atoms with E-state index in [1.54, 1.807) is 13.1 Å². The fourth-order valence-electron chi connectivity index (χ4n) is 1.11. The molecule has 0 saturated carbocycles. The molecule has 0 spiro atoms. The van der Waals surface area contributed by atoms with Crippen molar-refractivity contribution in [1.29, 1.82) is 0 Å².